The molecule has 1 aromatic carbocycles. The fourth-order valence-electron chi connectivity index (χ4n) is 2.35. The molecule has 0 atom stereocenters. The molecule has 0 amide bonds. The van der Waals surface area contributed by atoms with Crippen LogP contribution >= 0.6 is 0 Å². The molecule has 1 saturated carbocycles. The summed E-state index contributed by atoms with van der Waals surface area (Å²) in [6.07, 6.45) is 2.53. The molecular weight excluding hydrogens is 234 g/mol. The second kappa shape index (κ2) is 5.64. The highest BCUT2D eigenvalue weighted by molar-refractivity contribution is 5.80. The van der Waals surface area contributed by atoms with Gasteiger partial charge < -0.3 is 10.6 Å². The van der Waals surface area contributed by atoms with Crippen LogP contribution < -0.4 is 10.6 Å². The summed E-state index contributed by atoms with van der Waals surface area (Å²) in [6, 6.07) is 9.23. The predicted molar refractivity (Wildman–Crippen MR) is 81.7 cm³/mol. The van der Waals surface area contributed by atoms with Crippen molar-refractivity contribution in [3.8, 4) is 0 Å². The van der Waals surface area contributed by atoms with Crippen molar-refractivity contribution in [3.63, 3.8) is 0 Å². The Labute approximate surface area is 116 Å². The van der Waals surface area contributed by atoms with Crippen LogP contribution in [0.2, 0.25) is 0 Å². The first kappa shape index (κ1) is 13.9. The lowest BCUT2D eigenvalue weighted by Gasteiger charge is -2.28. The number of benzene rings is 1. The van der Waals surface area contributed by atoms with Crippen molar-refractivity contribution in [3.05, 3.63) is 35.4 Å². The average molecular weight is 259 g/mol. The fourth-order valence-corrected chi connectivity index (χ4v) is 2.35. The molecule has 0 bridgehead atoms. The summed E-state index contributed by atoms with van der Waals surface area (Å²) in [5.41, 5.74) is 2.83. The summed E-state index contributed by atoms with van der Waals surface area (Å²) < 4.78 is 0. The molecule has 2 N–H and O–H groups in total. The molecular formula is C16H25N3. The van der Waals surface area contributed by atoms with Crippen molar-refractivity contribution in [1.82, 2.24) is 10.6 Å². The average Bonchev–Trinajstić information content (AvgIpc) is 3.18. The van der Waals surface area contributed by atoms with Crippen LogP contribution in [0.3, 0.4) is 0 Å². The summed E-state index contributed by atoms with van der Waals surface area (Å²) in [5, 5.41) is 6.86. The van der Waals surface area contributed by atoms with E-state index in [1.807, 2.05) is 7.05 Å². The number of aryl methyl sites for hydroxylation is 1. The van der Waals surface area contributed by atoms with Crippen molar-refractivity contribution >= 4 is 5.96 Å². The lowest BCUT2D eigenvalue weighted by atomic mass is 9.82. The van der Waals surface area contributed by atoms with E-state index in [2.05, 4.69) is 60.7 Å². The molecule has 19 heavy (non-hydrogen) atoms. The molecule has 1 aromatic rings. The molecule has 2 rings (SSSR count). The molecule has 0 spiro atoms. The van der Waals surface area contributed by atoms with Gasteiger partial charge in [0.2, 0.25) is 0 Å². The maximum absolute atomic E-state index is 4.28. The Morgan fingerprint density at radius 3 is 2.58 bits per heavy atom. The van der Waals surface area contributed by atoms with Gasteiger partial charge in [-0.3, -0.25) is 4.99 Å². The normalized spacial score (nSPS) is 16.3. The molecule has 0 heterocycles. The number of guanidine groups is 1. The zero-order valence-corrected chi connectivity index (χ0v) is 12.5. The second-order valence-corrected chi connectivity index (χ2v) is 6.04. The van der Waals surface area contributed by atoms with Gasteiger partial charge in [-0.15, -0.1) is 0 Å². The number of hydrogen-bond acceptors (Lipinski definition) is 1. The van der Waals surface area contributed by atoms with Crippen LogP contribution in [0, 0.1) is 6.92 Å². The number of nitrogens with zero attached hydrogens (tertiary/aromatic N) is 1. The van der Waals surface area contributed by atoms with Crippen molar-refractivity contribution in [2.75, 3.05) is 13.6 Å². The van der Waals surface area contributed by atoms with Crippen LogP contribution in [0.25, 0.3) is 0 Å². The van der Waals surface area contributed by atoms with Gasteiger partial charge in [0.15, 0.2) is 5.96 Å². The minimum atomic E-state index is 0.0898. The summed E-state index contributed by atoms with van der Waals surface area (Å²) >= 11 is 0. The largest absolute Gasteiger partial charge is 0.356 e. The van der Waals surface area contributed by atoms with Crippen LogP contribution in [0.1, 0.15) is 37.8 Å². The summed E-state index contributed by atoms with van der Waals surface area (Å²) in [6.45, 7) is 7.60. The first-order valence-corrected chi connectivity index (χ1v) is 7.06. The number of rotatable bonds is 4. The van der Waals surface area contributed by atoms with Gasteiger partial charge in [-0.2, -0.15) is 0 Å². The minimum absolute atomic E-state index is 0.0898. The molecule has 3 nitrogen and oxygen atoms in total. The molecule has 1 fully saturated rings. The number of nitrogens with one attached hydrogen (secondary N) is 2. The highest BCUT2D eigenvalue weighted by Crippen LogP contribution is 2.25. The van der Waals surface area contributed by atoms with Crippen LogP contribution in [0.5, 0.6) is 0 Å². The van der Waals surface area contributed by atoms with E-state index < -0.39 is 0 Å². The Kier molecular flexibility index (Phi) is 4.13. The van der Waals surface area contributed by atoms with E-state index >= 15 is 0 Å². The van der Waals surface area contributed by atoms with E-state index in [1.165, 1.54) is 24.0 Å². The van der Waals surface area contributed by atoms with Gasteiger partial charge in [0.25, 0.3) is 0 Å². The fraction of sp³-hybridized carbons (Fsp3) is 0.562. The molecule has 1 aliphatic carbocycles. The van der Waals surface area contributed by atoms with E-state index in [4.69, 9.17) is 0 Å². The third-order valence-electron chi connectivity index (χ3n) is 3.71. The van der Waals surface area contributed by atoms with Crippen LogP contribution in [-0.4, -0.2) is 25.6 Å². The van der Waals surface area contributed by atoms with Gasteiger partial charge in [0.1, 0.15) is 0 Å². The number of aliphatic imine (C=N–C) groups is 1. The van der Waals surface area contributed by atoms with Crippen molar-refractivity contribution in [2.24, 2.45) is 4.99 Å². The zero-order valence-electron chi connectivity index (χ0n) is 12.5. The summed E-state index contributed by atoms with van der Waals surface area (Å²) in [4.78, 5) is 4.28. The molecule has 3 heteroatoms. The number of hydrogen-bond donors (Lipinski definition) is 2. The molecule has 0 unspecified atom stereocenters. The highest BCUT2D eigenvalue weighted by Gasteiger charge is 2.25. The SMILES string of the molecule is CN=C(NCC(C)(C)c1ccccc1C)NC1CC1. The second-order valence-electron chi connectivity index (χ2n) is 6.04. The van der Waals surface area contributed by atoms with Gasteiger partial charge >= 0.3 is 0 Å². The van der Waals surface area contributed by atoms with Crippen LogP contribution in [0.15, 0.2) is 29.3 Å². The molecule has 104 valence electrons. The van der Waals surface area contributed by atoms with Gasteiger partial charge in [0.05, 0.1) is 0 Å². The quantitative estimate of drug-likeness (QED) is 0.644. The summed E-state index contributed by atoms with van der Waals surface area (Å²) in [5.74, 6) is 0.921. The van der Waals surface area contributed by atoms with E-state index in [-0.39, 0.29) is 5.41 Å². The van der Waals surface area contributed by atoms with Gasteiger partial charge in [-0.05, 0) is 30.9 Å². The van der Waals surface area contributed by atoms with E-state index in [9.17, 15) is 0 Å². The molecule has 0 aliphatic heterocycles. The van der Waals surface area contributed by atoms with Crippen molar-refractivity contribution < 1.29 is 0 Å². The Hall–Kier alpha value is -1.51. The smallest absolute Gasteiger partial charge is 0.191 e. The first-order chi connectivity index (χ1) is 9.03. The molecule has 0 saturated heterocycles. The lowest BCUT2D eigenvalue weighted by Crippen LogP contribution is -2.44. The Morgan fingerprint density at radius 1 is 1.32 bits per heavy atom. The zero-order chi connectivity index (χ0) is 13.9. The molecule has 0 aromatic heterocycles. The lowest BCUT2D eigenvalue weighted by molar-refractivity contribution is 0.506. The van der Waals surface area contributed by atoms with Crippen LogP contribution in [0.4, 0.5) is 0 Å². The van der Waals surface area contributed by atoms with E-state index in [0.717, 1.165) is 12.5 Å². The van der Waals surface area contributed by atoms with E-state index in [1.54, 1.807) is 0 Å². The maximum Gasteiger partial charge on any atom is 0.191 e. The Morgan fingerprint density at radius 2 is 2.00 bits per heavy atom. The summed E-state index contributed by atoms with van der Waals surface area (Å²) in [7, 11) is 1.83. The monoisotopic (exact) mass is 259 g/mol. The van der Waals surface area contributed by atoms with E-state index in [0.29, 0.717) is 6.04 Å². The minimum Gasteiger partial charge on any atom is -0.356 e. The van der Waals surface area contributed by atoms with Crippen molar-refractivity contribution in [2.45, 2.75) is 45.1 Å². The first-order valence-electron chi connectivity index (χ1n) is 7.06. The van der Waals surface area contributed by atoms with Gasteiger partial charge in [0, 0.05) is 25.0 Å². The van der Waals surface area contributed by atoms with Crippen LogP contribution in [-0.2, 0) is 5.41 Å². The standard InChI is InChI=1S/C16H25N3/c1-12-7-5-6-8-14(12)16(2,3)11-18-15(17-4)19-13-9-10-13/h5-8,13H,9-11H2,1-4H3,(H2,17,18,19). The van der Waals surface area contributed by atoms with Gasteiger partial charge in [-0.1, -0.05) is 38.1 Å². The van der Waals surface area contributed by atoms with Gasteiger partial charge in [-0.25, -0.2) is 0 Å². The Balaban J connectivity index is 1.98. The highest BCUT2D eigenvalue weighted by atomic mass is 15.2. The Bertz CT molecular complexity index is 459. The predicted octanol–water partition coefficient (Wildman–Crippen LogP) is 2.60. The molecule has 0 radical (unpaired) electrons. The third-order valence-corrected chi connectivity index (χ3v) is 3.71. The topological polar surface area (TPSA) is 36.4 Å². The molecule has 1 aliphatic rings. The third kappa shape index (κ3) is 3.72. The maximum atomic E-state index is 4.28. The van der Waals surface area contributed by atoms with Crippen molar-refractivity contribution in [1.29, 1.82) is 0 Å².